The molecule has 20 heavy (non-hydrogen) atoms. The maximum Gasteiger partial charge on any atom is 0.237 e. The van der Waals surface area contributed by atoms with Gasteiger partial charge < -0.3 is 5.32 Å². The van der Waals surface area contributed by atoms with Gasteiger partial charge in [-0.15, -0.1) is 11.3 Å². The number of anilines is 1. The van der Waals surface area contributed by atoms with Crippen LogP contribution in [0, 0.1) is 20.8 Å². The van der Waals surface area contributed by atoms with Crippen LogP contribution in [0.2, 0.25) is 0 Å². The Morgan fingerprint density at radius 1 is 1.45 bits per heavy atom. The summed E-state index contributed by atoms with van der Waals surface area (Å²) in [7, 11) is 1.87. The first kappa shape index (κ1) is 15.1. The van der Waals surface area contributed by atoms with Crippen molar-refractivity contribution in [2.45, 2.75) is 37.3 Å². The second-order valence-corrected chi connectivity index (χ2v) is 7.12. The van der Waals surface area contributed by atoms with Crippen LogP contribution in [0.1, 0.15) is 24.0 Å². The fourth-order valence-corrected chi connectivity index (χ4v) is 3.76. The minimum atomic E-state index is -0.195. The Kier molecular flexibility index (Phi) is 4.49. The number of amides is 1. The quantitative estimate of drug-likeness (QED) is 0.882. The van der Waals surface area contributed by atoms with Crippen molar-refractivity contribution < 1.29 is 4.79 Å². The van der Waals surface area contributed by atoms with Crippen molar-refractivity contribution in [3.05, 3.63) is 22.5 Å². The first-order valence-corrected chi connectivity index (χ1v) is 8.04. The van der Waals surface area contributed by atoms with Gasteiger partial charge in [0.1, 0.15) is 0 Å². The van der Waals surface area contributed by atoms with E-state index in [4.69, 9.17) is 0 Å². The molecule has 0 saturated heterocycles. The third-order valence-electron chi connectivity index (χ3n) is 3.00. The van der Waals surface area contributed by atoms with E-state index >= 15 is 0 Å². The molecule has 0 radical (unpaired) electrons. The Balaban J connectivity index is 2.04. The number of thiazole rings is 1. The number of hydrogen-bond donors (Lipinski definition) is 1. The normalized spacial score (nSPS) is 12.4. The maximum atomic E-state index is 12.2. The van der Waals surface area contributed by atoms with Crippen molar-refractivity contribution in [3.63, 3.8) is 0 Å². The predicted molar refractivity (Wildman–Crippen MR) is 83.5 cm³/mol. The van der Waals surface area contributed by atoms with Crippen LogP contribution >= 0.6 is 23.1 Å². The van der Waals surface area contributed by atoms with Gasteiger partial charge in [-0.2, -0.15) is 5.10 Å². The van der Waals surface area contributed by atoms with Gasteiger partial charge in [0.2, 0.25) is 5.91 Å². The molecule has 0 bridgehead atoms. The van der Waals surface area contributed by atoms with Gasteiger partial charge in [0.25, 0.3) is 0 Å². The zero-order valence-corrected chi connectivity index (χ0v) is 13.9. The number of nitrogens with one attached hydrogen (secondary N) is 1. The minimum Gasteiger partial charge on any atom is -0.322 e. The summed E-state index contributed by atoms with van der Waals surface area (Å²) in [6.45, 7) is 7.67. The molecule has 1 N–H and O–H groups in total. The molecular weight excluding hydrogens is 292 g/mol. The number of carbonyl (C=O) groups excluding carboxylic acids is 1. The summed E-state index contributed by atoms with van der Waals surface area (Å²) in [6, 6.07) is 0. The Bertz CT molecular complexity index is 632. The van der Waals surface area contributed by atoms with Gasteiger partial charge in [0, 0.05) is 18.1 Å². The van der Waals surface area contributed by atoms with Crippen molar-refractivity contribution in [1.82, 2.24) is 14.8 Å². The van der Waals surface area contributed by atoms with Gasteiger partial charge in [-0.1, -0.05) is 11.8 Å². The molecule has 1 atom stereocenters. The molecule has 0 aliphatic heterocycles. The van der Waals surface area contributed by atoms with Gasteiger partial charge in [0.05, 0.1) is 22.3 Å². The molecule has 2 aromatic rings. The van der Waals surface area contributed by atoms with Crippen LogP contribution < -0.4 is 5.32 Å². The number of nitrogens with zero attached hydrogens (tertiary/aromatic N) is 3. The van der Waals surface area contributed by atoms with Crippen LogP contribution in [0.5, 0.6) is 0 Å². The number of aromatic nitrogens is 3. The fourth-order valence-electron chi connectivity index (χ4n) is 1.77. The molecule has 2 heterocycles. The van der Waals surface area contributed by atoms with E-state index in [1.165, 1.54) is 11.8 Å². The molecule has 108 valence electrons. The van der Waals surface area contributed by atoms with Crippen LogP contribution in [0.3, 0.4) is 0 Å². The summed E-state index contributed by atoms with van der Waals surface area (Å²) < 4.78 is 2.69. The highest BCUT2D eigenvalue weighted by Gasteiger charge is 2.19. The van der Waals surface area contributed by atoms with E-state index in [0.717, 1.165) is 27.1 Å². The van der Waals surface area contributed by atoms with Crippen molar-refractivity contribution in [2.75, 3.05) is 5.32 Å². The zero-order chi connectivity index (χ0) is 14.9. The number of rotatable bonds is 4. The highest BCUT2D eigenvalue weighted by molar-refractivity contribution is 8.02. The molecule has 2 rings (SSSR count). The van der Waals surface area contributed by atoms with Crippen LogP contribution in [0.25, 0.3) is 0 Å². The zero-order valence-electron chi connectivity index (χ0n) is 12.2. The molecule has 1 amide bonds. The molecule has 0 aliphatic rings. The van der Waals surface area contributed by atoms with Gasteiger partial charge in [-0.3, -0.25) is 9.48 Å². The summed E-state index contributed by atoms with van der Waals surface area (Å²) in [6.07, 6.45) is 0. The number of hydrogen-bond acceptors (Lipinski definition) is 5. The van der Waals surface area contributed by atoms with Crippen molar-refractivity contribution in [2.24, 2.45) is 7.05 Å². The average Bonchev–Trinajstić information content (AvgIpc) is 2.88. The van der Waals surface area contributed by atoms with E-state index in [1.807, 2.05) is 40.1 Å². The van der Waals surface area contributed by atoms with Crippen molar-refractivity contribution in [1.29, 1.82) is 0 Å². The highest BCUT2D eigenvalue weighted by Crippen LogP contribution is 2.28. The Morgan fingerprint density at radius 3 is 2.65 bits per heavy atom. The van der Waals surface area contributed by atoms with Crippen LogP contribution in [-0.2, 0) is 11.8 Å². The monoisotopic (exact) mass is 310 g/mol. The number of carbonyl (C=O) groups is 1. The lowest BCUT2D eigenvalue weighted by atomic mass is 10.3. The first-order chi connectivity index (χ1) is 9.38. The van der Waals surface area contributed by atoms with Gasteiger partial charge in [0.15, 0.2) is 4.34 Å². The van der Waals surface area contributed by atoms with Crippen molar-refractivity contribution >= 4 is 34.7 Å². The third kappa shape index (κ3) is 3.21. The molecule has 1 unspecified atom stereocenters. The molecule has 5 nitrogen and oxygen atoms in total. The van der Waals surface area contributed by atoms with Crippen LogP contribution in [0.15, 0.2) is 9.72 Å². The van der Waals surface area contributed by atoms with Gasteiger partial charge >= 0.3 is 0 Å². The molecule has 2 aromatic heterocycles. The largest absolute Gasteiger partial charge is 0.322 e. The molecular formula is C13H18N4OS2. The summed E-state index contributed by atoms with van der Waals surface area (Å²) >= 11 is 3.05. The van der Waals surface area contributed by atoms with Crippen molar-refractivity contribution in [3.8, 4) is 0 Å². The molecule has 7 heteroatoms. The number of thioether (sulfide) groups is 1. The number of aryl methyl sites for hydroxylation is 3. The second-order valence-electron chi connectivity index (χ2n) is 4.67. The van der Waals surface area contributed by atoms with E-state index in [9.17, 15) is 4.79 Å². The van der Waals surface area contributed by atoms with E-state index < -0.39 is 0 Å². The van der Waals surface area contributed by atoms with E-state index in [0.29, 0.717) is 0 Å². The Hall–Kier alpha value is -1.34. The van der Waals surface area contributed by atoms with Gasteiger partial charge in [-0.05, 0) is 27.7 Å². The molecule has 0 aliphatic carbocycles. The summed E-state index contributed by atoms with van der Waals surface area (Å²) in [5.41, 5.74) is 3.59. The Morgan fingerprint density at radius 2 is 2.15 bits per heavy atom. The summed E-state index contributed by atoms with van der Waals surface area (Å²) in [5.74, 6) is -0.0259. The molecule has 0 saturated carbocycles. The molecule has 0 fully saturated rings. The second kappa shape index (κ2) is 5.97. The van der Waals surface area contributed by atoms with Crippen LogP contribution in [-0.4, -0.2) is 25.9 Å². The van der Waals surface area contributed by atoms with Crippen LogP contribution in [0.4, 0.5) is 5.69 Å². The Labute approximate surface area is 126 Å². The highest BCUT2D eigenvalue weighted by atomic mass is 32.2. The van der Waals surface area contributed by atoms with E-state index in [1.54, 1.807) is 16.0 Å². The van der Waals surface area contributed by atoms with E-state index in [-0.39, 0.29) is 11.2 Å². The lowest BCUT2D eigenvalue weighted by Crippen LogP contribution is -2.23. The topological polar surface area (TPSA) is 59.8 Å². The van der Waals surface area contributed by atoms with Gasteiger partial charge in [-0.25, -0.2) is 4.98 Å². The fraction of sp³-hybridized carbons (Fsp3) is 0.462. The predicted octanol–water partition coefficient (Wildman–Crippen LogP) is 2.92. The summed E-state index contributed by atoms with van der Waals surface area (Å²) in [4.78, 5) is 16.6. The lowest BCUT2D eigenvalue weighted by molar-refractivity contribution is -0.115. The lowest BCUT2D eigenvalue weighted by Gasteiger charge is -2.10. The first-order valence-electron chi connectivity index (χ1n) is 6.28. The summed E-state index contributed by atoms with van der Waals surface area (Å²) in [5, 5.41) is 9.05. The van der Waals surface area contributed by atoms with E-state index in [2.05, 4.69) is 15.4 Å². The standard InChI is InChI=1S/C13H18N4OS2/c1-7-6-19-13(14-7)20-10(4)12(18)15-11-8(2)16-17(5)9(11)3/h6,10H,1-5H3,(H,15,18). The smallest absolute Gasteiger partial charge is 0.237 e. The maximum absolute atomic E-state index is 12.2. The SMILES string of the molecule is Cc1csc(SC(C)C(=O)Nc2c(C)nn(C)c2C)n1. The third-order valence-corrected chi connectivity index (χ3v) is 5.19. The molecule has 0 aromatic carbocycles. The minimum absolute atomic E-state index is 0.0259. The molecule has 0 spiro atoms. The average molecular weight is 310 g/mol.